The first-order valence-corrected chi connectivity index (χ1v) is 7.92. The second-order valence-electron chi connectivity index (χ2n) is 6.82. The molecule has 124 valence electrons. The van der Waals surface area contributed by atoms with Crippen LogP contribution in [0, 0.1) is 6.92 Å². The lowest BCUT2D eigenvalue weighted by atomic mass is 9.78. The minimum Gasteiger partial charge on any atom is -0.326 e. The summed E-state index contributed by atoms with van der Waals surface area (Å²) in [6, 6.07) is 12.9. The molecule has 24 heavy (non-hydrogen) atoms. The van der Waals surface area contributed by atoms with Crippen molar-refractivity contribution in [2.75, 3.05) is 16.0 Å². The minimum absolute atomic E-state index is 0.0189. The molecule has 0 saturated heterocycles. The normalized spacial score (nSPS) is 15.2. The summed E-state index contributed by atoms with van der Waals surface area (Å²) in [7, 11) is 0. The Morgan fingerprint density at radius 3 is 2.50 bits per heavy atom. The molecule has 0 aromatic heterocycles. The smallest absolute Gasteiger partial charge is 0.323 e. The maximum absolute atomic E-state index is 12.2. The van der Waals surface area contributed by atoms with Crippen molar-refractivity contribution in [3.05, 3.63) is 53.6 Å². The van der Waals surface area contributed by atoms with Crippen LogP contribution in [0.5, 0.6) is 0 Å². The van der Waals surface area contributed by atoms with Gasteiger partial charge in [0.15, 0.2) is 0 Å². The number of aryl methyl sites for hydroxylation is 1. The Hall–Kier alpha value is -2.82. The Morgan fingerprint density at radius 2 is 1.79 bits per heavy atom. The van der Waals surface area contributed by atoms with Gasteiger partial charge >= 0.3 is 6.03 Å². The lowest BCUT2D eigenvalue weighted by Gasteiger charge is -2.32. The highest BCUT2D eigenvalue weighted by Crippen LogP contribution is 2.38. The molecule has 3 rings (SSSR count). The van der Waals surface area contributed by atoms with Crippen LogP contribution in [0.1, 0.15) is 31.4 Å². The number of anilines is 3. The molecule has 3 N–H and O–H groups in total. The van der Waals surface area contributed by atoms with Crippen LogP contribution in [-0.4, -0.2) is 11.9 Å². The number of hydrogen-bond acceptors (Lipinski definition) is 2. The van der Waals surface area contributed by atoms with Crippen LogP contribution in [0.3, 0.4) is 0 Å². The number of rotatable bonds is 2. The second-order valence-corrected chi connectivity index (χ2v) is 6.82. The second kappa shape index (κ2) is 6.00. The third-order valence-corrected chi connectivity index (χ3v) is 4.16. The largest absolute Gasteiger partial charge is 0.326 e. The Balaban J connectivity index is 1.77. The van der Waals surface area contributed by atoms with Crippen molar-refractivity contribution in [1.29, 1.82) is 0 Å². The van der Waals surface area contributed by atoms with E-state index in [1.54, 1.807) is 6.07 Å². The van der Waals surface area contributed by atoms with Crippen LogP contribution in [0.15, 0.2) is 42.5 Å². The zero-order valence-electron chi connectivity index (χ0n) is 14.1. The molecule has 0 bridgehead atoms. The Kier molecular flexibility index (Phi) is 4.01. The maximum Gasteiger partial charge on any atom is 0.323 e. The van der Waals surface area contributed by atoms with Gasteiger partial charge < -0.3 is 16.0 Å². The molecule has 0 saturated carbocycles. The van der Waals surface area contributed by atoms with Crippen LogP contribution >= 0.6 is 0 Å². The Labute approximate surface area is 141 Å². The molecule has 0 unspecified atom stereocenters. The molecular formula is C19H21N3O2. The fourth-order valence-corrected chi connectivity index (χ4v) is 3.00. The molecule has 3 amide bonds. The van der Waals surface area contributed by atoms with Gasteiger partial charge in [0.1, 0.15) is 0 Å². The molecule has 0 fully saturated rings. The third kappa shape index (κ3) is 3.40. The molecule has 2 aromatic rings. The molecule has 1 aliphatic rings. The third-order valence-electron chi connectivity index (χ3n) is 4.16. The number of benzene rings is 2. The highest BCUT2D eigenvalue weighted by atomic mass is 16.2. The summed E-state index contributed by atoms with van der Waals surface area (Å²) >= 11 is 0. The van der Waals surface area contributed by atoms with Crippen LogP contribution in [0.4, 0.5) is 21.9 Å². The average Bonchev–Trinajstić information content (AvgIpc) is 2.47. The van der Waals surface area contributed by atoms with Crippen molar-refractivity contribution in [2.24, 2.45) is 0 Å². The molecule has 1 heterocycles. The van der Waals surface area contributed by atoms with Crippen LogP contribution in [0.25, 0.3) is 0 Å². The van der Waals surface area contributed by atoms with Crippen molar-refractivity contribution in [3.63, 3.8) is 0 Å². The number of fused-ring (bicyclic) bond motifs is 1. The van der Waals surface area contributed by atoms with E-state index in [0.717, 1.165) is 22.5 Å². The summed E-state index contributed by atoms with van der Waals surface area (Å²) < 4.78 is 0. The van der Waals surface area contributed by atoms with E-state index in [4.69, 9.17) is 0 Å². The average molecular weight is 323 g/mol. The SMILES string of the molecule is Cc1cccc(NC(=O)Nc2ccc3c(c2)C(C)(C)CC(=O)N3)c1. The van der Waals surface area contributed by atoms with Crippen LogP contribution in [-0.2, 0) is 10.2 Å². The van der Waals surface area contributed by atoms with Gasteiger partial charge in [0.25, 0.3) is 0 Å². The number of amides is 3. The van der Waals surface area contributed by atoms with E-state index in [1.807, 2.05) is 57.2 Å². The van der Waals surface area contributed by atoms with E-state index in [9.17, 15) is 9.59 Å². The van der Waals surface area contributed by atoms with E-state index in [2.05, 4.69) is 16.0 Å². The topological polar surface area (TPSA) is 70.2 Å². The molecule has 2 aromatic carbocycles. The Bertz CT molecular complexity index is 812. The first-order valence-electron chi connectivity index (χ1n) is 7.92. The Morgan fingerprint density at radius 1 is 1.08 bits per heavy atom. The molecule has 5 heteroatoms. The van der Waals surface area contributed by atoms with Gasteiger partial charge in [-0.1, -0.05) is 26.0 Å². The molecule has 0 aliphatic carbocycles. The van der Waals surface area contributed by atoms with Gasteiger partial charge in [-0.05, 0) is 48.4 Å². The van der Waals surface area contributed by atoms with E-state index in [-0.39, 0.29) is 17.4 Å². The van der Waals surface area contributed by atoms with Crippen molar-refractivity contribution in [1.82, 2.24) is 0 Å². The summed E-state index contributed by atoms with van der Waals surface area (Å²) in [4.78, 5) is 23.9. The number of carbonyl (C=O) groups is 2. The standard InChI is InChI=1S/C19H21N3O2/c1-12-5-4-6-13(9-12)20-18(24)21-14-7-8-16-15(10-14)19(2,3)11-17(23)22-16/h4-10H,11H2,1-3H3,(H,22,23)(H2,20,21,24). The van der Waals surface area contributed by atoms with Gasteiger partial charge in [0.2, 0.25) is 5.91 Å². The summed E-state index contributed by atoms with van der Waals surface area (Å²) in [5.41, 5.74) is 4.10. The van der Waals surface area contributed by atoms with Crippen LogP contribution in [0.2, 0.25) is 0 Å². The van der Waals surface area contributed by atoms with Crippen molar-refractivity contribution < 1.29 is 9.59 Å². The van der Waals surface area contributed by atoms with E-state index < -0.39 is 0 Å². The van der Waals surface area contributed by atoms with Gasteiger partial charge in [-0.2, -0.15) is 0 Å². The summed E-state index contributed by atoms with van der Waals surface area (Å²) in [6.07, 6.45) is 0.430. The molecule has 5 nitrogen and oxygen atoms in total. The van der Waals surface area contributed by atoms with Gasteiger partial charge in [0, 0.05) is 28.9 Å². The van der Waals surface area contributed by atoms with E-state index in [0.29, 0.717) is 12.1 Å². The fourth-order valence-electron chi connectivity index (χ4n) is 3.00. The van der Waals surface area contributed by atoms with Crippen molar-refractivity contribution >= 4 is 29.0 Å². The number of carbonyl (C=O) groups excluding carboxylic acids is 2. The molecule has 0 spiro atoms. The number of urea groups is 1. The van der Waals surface area contributed by atoms with Gasteiger partial charge in [-0.25, -0.2) is 4.79 Å². The maximum atomic E-state index is 12.2. The predicted molar refractivity (Wildman–Crippen MR) is 96.5 cm³/mol. The fraction of sp³-hybridized carbons (Fsp3) is 0.263. The van der Waals surface area contributed by atoms with Crippen LogP contribution < -0.4 is 16.0 Å². The van der Waals surface area contributed by atoms with Gasteiger partial charge in [0.05, 0.1) is 0 Å². The zero-order chi connectivity index (χ0) is 17.3. The van der Waals surface area contributed by atoms with Gasteiger partial charge in [-0.15, -0.1) is 0 Å². The summed E-state index contributed by atoms with van der Waals surface area (Å²) in [6.45, 7) is 6.03. The summed E-state index contributed by atoms with van der Waals surface area (Å²) in [5.74, 6) is 0.0189. The molecule has 0 atom stereocenters. The molecular weight excluding hydrogens is 302 g/mol. The molecule has 0 radical (unpaired) electrons. The van der Waals surface area contributed by atoms with E-state index in [1.165, 1.54) is 0 Å². The van der Waals surface area contributed by atoms with Gasteiger partial charge in [-0.3, -0.25) is 4.79 Å². The zero-order valence-corrected chi connectivity index (χ0v) is 14.1. The molecule has 1 aliphatic heterocycles. The number of hydrogen-bond donors (Lipinski definition) is 3. The predicted octanol–water partition coefficient (Wildman–Crippen LogP) is 4.26. The summed E-state index contributed by atoms with van der Waals surface area (Å²) in [5, 5.41) is 8.54. The van der Waals surface area contributed by atoms with Crippen molar-refractivity contribution in [3.8, 4) is 0 Å². The lowest BCUT2D eigenvalue weighted by molar-refractivity contribution is -0.117. The quantitative estimate of drug-likeness (QED) is 0.773. The highest BCUT2D eigenvalue weighted by Gasteiger charge is 2.32. The first kappa shape index (κ1) is 16.1. The number of nitrogens with one attached hydrogen (secondary N) is 3. The van der Waals surface area contributed by atoms with Crippen molar-refractivity contribution in [2.45, 2.75) is 32.6 Å². The highest BCUT2D eigenvalue weighted by molar-refractivity contribution is 6.01. The monoisotopic (exact) mass is 323 g/mol. The first-order chi connectivity index (χ1) is 11.3. The minimum atomic E-state index is -0.293. The lowest BCUT2D eigenvalue weighted by Crippen LogP contribution is -2.32. The van der Waals surface area contributed by atoms with E-state index >= 15 is 0 Å².